The number of anilines is 1. The predicted octanol–water partition coefficient (Wildman–Crippen LogP) is 4.47. The van der Waals surface area contributed by atoms with E-state index in [2.05, 4.69) is 17.9 Å². The van der Waals surface area contributed by atoms with Crippen LogP contribution in [0.3, 0.4) is 0 Å². The topological polar surface area (TPSA) is 55.4 Å². The maximum Gasteiger partial charge on any atom is 0.343 e. The van der Waals surface area contributed by atoms with Gasteiger partial charge in [-0.25, -0.2) is 4.79 Å². The number of benzene rings is 2. The third-order valence-electron chi connectivity index (χ3n) is 2.81. The van der Waals surface area contributed by atoms with Crippen molar-refractivity contribution in [2.45, 2.75) is 12.2 Å². The van der Waals surface area contributed by atoms with Crippen LogP contribution in [0.15, 0.2) is 42.5 Å². The van der Waals surface area contributed by atoms with Gasteiger partial charge in [-0.15, -0.1) is 0 Å². The highest BCUT2D eigenvalue weighted by atomic mass is 35.5. The third kappa shape index (κ3) is 5.16. The predicted molar refractivity (Wildman–Crippen MR) is 94.9 cm³/mol. The quantitative estimate of drug-likeness (QED) is 0.474. The van der Waals surface area contributed by atoms with Gasteiger partial charge in [0.15, 0.2) is 0 Å². The average molecular weight is 370 g/mol. The van der Waals surface area contributed by atoms with Gasteiger partial charge in [0.25, 0.3) is 0 Å². The zero-order chi connectivity index (χ0) is 17.0. The Hall–Kier alpha value is -1.69. The fourth-order valence-electron chi connectivity index (χ4n) is 1.69. The molecule has 0 aliphatic rings. The minimum atomic E-state index is -0.552. The van der Waals surface area contributed by atoms with E-state index in [1.165, 1.54) is 12.1 Å². The Labute approximate surface area is 149 Å². The van der Waals surface area contributed by atoms with Crippen molar-refractivity contribution in [2.24, 2.45) is 0 Å². The Balaban J connectivity index is 2.06. The Bertz CT molecular complexity index is 712. The Kier molecular flexibility index (Phi) is 5.93. The second-order valence-corrected chi connectivity index (χ2v) is 6.38. The molecule has 7 heteroatoms. The normalized spacial score (nSPS) is 11.7. The van der Waals surface area contributed by atoms with E-state index >= 15 is 0 Å². The van der Waals surface area contributed by atoms with Gasteiger partial charge in [-0.3, -0.25) is 4.79 Å². The van der Waals surface area contributed by atoms with Crippen LogP contribution in [0.4, 0.5) is 5.69 Å². The molecule has 0 aliphatic carbocycles. The lowest BCUT2D eigenvalue weighted by molar-refractivity contribution is -0.115. The molecule has 1 atom stereocenters. The van der Waals surface area contributed by atoms with Crippen LogP contribution in [0.2, 0.25) is 10.0 Å². The highest BCUT2D eigenvalue weighted by molar-refractivity contribution is 7.81. The molecule has 1 amide bonds. The zero-order valence-electron chi connectivity index (χ0n) is 12.0. The van der Waals surface area contributed by atoms with Gasteiger partial charge in [0.1, 0.15) is 5.75 Å². The summed E-state index contributed by atoms with van der Waals surface area (Å²) in [4.78, 5) is 23.6. The molecule has 0 saturated carbocycles. The number of rotatable bonds is 4. The van der Waals surface area contributed by atoms with E-state index in [9.17, 15) is 9.59 Å². The molecule has 0 aromatic heterocycles. The van der Waals surface area contributed by atoms with Crippen LogP contribution in [-0.2, 0) is 4.79 Å². The van der Waals surface area contributed by atoms with E-state index in [0.717, 1.165) is 0 Å². The van der Waals surface area contributed by atoms with E-state index < -0.39 is 11.2 Å². The fraction of sp³-hybridized carbons (Fsp3) is 0.125. The summed E-state index contributed by atoms with van der Waals surface area (Å²) in [6.07, 6.45) is 0. The van der Waals surface area contributed by atoms with Crippen molar-refractivity contribution in [3.05, 3.63) is 58.1 Å². The zero-order valence-corrected chi connectivity index (χ0v) is 14.5. The van der Waals surface area contributed by atoms with Gasteiger partial charge in [0, 0.05) is 15.7 Å². The summed E-state index contributed by atoms with van der Waals surface area (Å²) in [5, 5.41) is 2.99. The number of halogens is 2. The fourth-order valence-corrected chi connectivity index (χ4v) is 2.26. The van der Waals surface area contributed by atoms with Crippen molar-refractivity contribution in [3.8, 4) is 5.75 Å². The lowest BCUT2D eigenvalue weighted by Crippen LogP contribution is -2.20. The second-order valence-electron chi connectivity index (χ2n) is 4.74. The Morgan fingerprint density at radius 3 is 2.17 bits per heavy atom. The third-order valence-corrected chi connectivity index (χ3v) is 3.49. The van der Waals surface area contributed by atoms with Crippen molar-refractivity contribution in [3.63, 3.8) is 0 Å². The maximum atomic E-state index is 12.1. The summed E-state index contributed by atoms with van der Waals surface area (Å²) in [5.74, 6) is -0.519. The summed E-state index contributed by atoms with van der Waals surface area (Å²) >= 11 is 15.7. The Morgan fingerprint density at radius 2 is 1.65 bits per heavy atom. The molecule has 0 radical (unpaired) electrons. The van der Waals surface area contributed by atoms with Crippen molar-refractivity contribution in [1.82, 2.24) is 0 Å². The van der Waals surface area contributed by atoms with Gasteiger partial charge in [0.2, 0.25) is 5.91 Å². The molecule has 120 valence electrons. The molecule has 0 heterocycles. The molecule has 0 aliphatic heterocycles. The van der Waals surface area contributed by atoms with Crippen molar-refractivity contribution < 1.29 is 14.3 Å². The molecule has 4 nitrogen and oxygen atoms in total. The summed E-state index contributed by atoms with van der Waals surface area (Å²) in [6.45, 7) is 1.67. The Morgan fingerprint density at radius 1 is 1.09 bits per heavy atom. The first-order valence-electron chi connectivity index (χ1n) is 6.62. The number of carbonyl (C=O) groups excluding carboxylic acids is 2. The van der Waals surface area contributed by atoms with Gasteiger partial charge < -0.3 is 10.1 Å². The molecular weight excluding hydrogens is 357 g/mol. The molecule has 0 fully saturated rings. The van der Waals surface area contributed by atoms with E-state index in [1.54, 1.807) is 37.3 Å². The summed E-state index contributed by atoms with van der Waals surface area (Å²) in [7, 11) is 0. The first-order valence-corrected chi connectivity index (χ1v) is 7.89. The molecule has 2 rings (SSSR count). The number of thiol groups is 1. The molecule has 1 N–H and O–H groups in total. The van der Waals surface area contributed by atoms with Crippen molar-refractivity contribution >= 4 is 53.4 Å². The number of esters is 1. The maximum absolute atomic E-state index is 12.1. The molecule has 2 aromatic carbocycles. The largest absolute Gasteiger partial charge is 0.423 e. The van der Waals surface area contributed by atoms with Gasteiger partial charge in [-0.05, 0) is 49.4 Å². The van der Waals surface area contributed by atoms with E-state index in [0.29, 0.717) is 21.3 Å². The van der Waals surface area contributed by atoms with Crippen molar-refractivity contribution in [1.29, 1.82) is 0 Å². The number of hydrogen-bond donors (Lipinski definition) is 2. The van der Waals surface area contributed by atoms with Crippen LogP contribution < -0.4 is 10.1 Å². The number of hydrogen-bond acceptors (Lipinski definition) is 4. The second kappa shape index (κ2) is 7.73. The monoisotopic (exact) mass is 369 g/mol. The standard InChI is InChI=1S/C16H13Cl2NO3S/c1-9(23)15(20)19-13-4-2-10(3-5-13)16(21)22-14-7-11(17)6-12(18)8-14/h2-9,23H,1H3,(H,19,20). The molecule has 1 unspecified atom stereocenters. The summed E-state index contributed by atoms with van der Waals surface area (Å²) in [6, 6.07) is 10.8. The van der Waals surface area contributed by atoms with Gasteiger partial charge in [-0.2, -0.15) is 12.6 Å². The van der Waals surface area contributed by atoms with E-state index in [-0.39, 0.29) is 11.7 Å². The van der Waals surface area contributed by atoms with Crippen LogP contribution in [0.25, 0.3) is 0 Å². The minimum Gasteiger partial charge on any atom is -0.423 e. The smallest absolute Gasteiger partial charge is 0.343 e. The number of nitrogens with one attached hydrogen (secondary N) is 1. The van der Waals surface area contributed by atoms with Crippen LogP contribution in [0.5, 0.6) is 5.75 Å². The van der Waals surface area contributed by atoms with Crippen molar-refractivity contribution in [2.75, 3.05) is 5.32 Å². The van der Waals surface area contributed by atoms with Gasteiger partial charge in [-0.1, -0.05) is 23.2 Å². The van der Waals surface area contributed by atoms with Gasteiger partial charge >= 0.3 is 5.97 Å². The highest BCUT2D eigenvalue weighted by Crippen LogP contribution is 2.25. The van der Waals surface area contributed by atoms with Gasteiger partial charge in [0.05, 0.1) is 10.8 Å². The molecule has 2 aromatic rings. The lowest BCUT2D eigenvalue weighted by atomic mass is 10.2. The molecule has 0 saturated heterocycles. The molecule has 0 bridgehead atoms. The van der Waals surface area contributed by atoms with Crippen LogP contribution in [0.1, 0.15) is 17.3 Å². The number of amides is 1. The van der Waals surface area contributed by atoms with E-state index in [4.69, 9.17) is 27.9 Å². The molecular formula is C16H13Cl2NO3S. The molecule has 0 spiro atoms. The first kappa shape index (κ1) is 17.7. The minimum absolute atomic E-state index is 0.225. The van der Waals surface area contributed by atoms with Crippen LogP contribution in [-0.4, -0.2) is 17.1 Å². The SMILES string of the molecule is CC(S)C(=O)Nc1ccc(C(=O)Oc2cc(Cl)cc(Cl)c2)cc1. The first-order chi connectivity index (χ1) is 10.8. The van der Waals surface area contributed by atoms with E-state index in [1.807, 2.05) is 0 Å². The number of ether oxygens (including phenoxy) is 1. The lowest BCUT2D eigenvalue weighted by Gasteiger charge is -2.08. The van der Waals surface area contributed by atoms with Crippen LogP contribution >= 0.6 is 35.8 Å². The number of carbonyl (C=O) groups is 2. The summed E-state index contributed by atoms with van der Waals surface area (Å²) < 4.78 is 5.21. The summed E-state index contributed by atoms with van der Waals surface area (Å²) in [5.41, 5.74) is 0.899. The average Bonchev–Trinajstić information content (AvgIpc) is 2.46. The highest BCUT2D eigenvalue weighted by Gasteiger charge is 2.11. The van der Waals surface area contributed by atoms with Crippen LogP contribution in [0, 0.1) is 0 Å². The molecule has 23 heavy (non-hydrogen) atoms.